The molecule has 3 atom stereocenters. The monoisotopic (exact) mass is 285 g/mol. The van der Waals surface area contributed by atoms with Gasteiger partial charge in [0.1, 0.15) is 6.10 Å². The van der Waals surface area contributed by atoms with Gasteiger partial charge in [0, 0.05) is 19.0 Å². The molecule has 100 valence electrons. The summed E-state index contributed by atoms with van der Waals surface area (Å²) in [5.41, 5.74) is 0. The van der Waals surface area contributed by atoms with Gasteiger partial charge in [-0.3, -0.25) is 4.90 Å². The van der Waals surface area contributed by atoms with E-state index in [2.05, 4.69) is 20.6 Å². The van der Waals surface area contributed by atoms with E-state index in [-0.39, 0.29) is 0 Å². The van der Waals surface area contributed by atoms with Crippen LogP contribution in [0.3, 0.4) is 0 Å². The van der Waals surface area contributed by atoms with Crippen molar-refractivity contribution in [1.29, 1.82) is 0 Å². The first kappa shape index (κ1) is 12.7. The molecule has 1 unspecified atom stereocenters. The number of aromatic nitrogens is 2. The van der Waals surface area contributed by atoms with Crippen LogP contribution in [0.5, 0.6) is 5.88 Å². The van der Waals surface area contributed by atoms with Gasteiger partial charge in [-0.2, -0.15) is 4.37 Å². The number of ether oxygens (including phenoxy) is 1. The molecule has 2 saturated heterocycles. The molecule has 0 spiro atoms. The molecule has 2 bridgehead atoms. The Morgan fingerprint density at radius 1 is 1.44 bits per heavy atom. The lowest BCUT2D eigenvalue weighted by atomic mass is 9.99. The number of piperidine rings is 1. The number of hydrogen-bond acceptors (Lipinski definition) is 6. The molecule has 2 aliphatic heterocycles. The van der Waals surface area contributed by atoms with Crippen LogP contribution in [0.15, 0.2) is 5.03 Å². The summed E-state index contributed by atoms with van der Waals surface area (Å²) in [6.45, 7) is 5.70. The van der Waals surface area contributed by atoms with Crippen LogP contribution in [0.2, 0.25) is 0 Å². The molecule has 18 heavy (non-hydrogen) atoms. The second-order valence-electron chi connectivity index (χ2n) is 5.04. The average Bonchev–Trinajstić information content (AvgIpc) is 2.93. The molecule has 0 N–H and O–H groups in total. The van der Waals surface area contributed by atoms with E-state index in [0.29, 0.717) is 12.0 Å². The summed E-state index contributed by atoms with van der Waals surface area (Å²) in [4.78, 5) is 2.51. The van der Waals surface area contributed by atoms with Crippen LogP contribution in [0, 0.1) is 5.92 Å². The molecule has 0 amide bonds. The number of thioether (sulfide) groups is 1. The smallest absolute Gasteiger partial charge is 0.260 e. The molecule has 3 heterocycles. The van der Waals surface area contributed by atoms with Crippen molar-refractivity contribution in [2.75, 3.05) is 25.4 Å². The maximum atomic E-state index is 6.13. The predicted octanol–water partition coefficient (Wildman–Crippen LogP) is 2.51. The second-order valence-corrected chi connectivity index (χ2v) is 6.65. The van der Waals surface area contributed by atoms with Crippen LogP contribution in [0.1, 0.15) is 26.2 Å². The Balaban J connectivity index is 1.64. The van der Waals surface area contributed by atoms with E-state index in [0.717, 1.165) is 29.6 Å². The van der Waals surface area contributed by atoms with Gasteiger partial charge in [0.15, 0.2) is 5.03 Å². The Morgan fingerprint density at radius 2 is 2.39 bits per heavy atom. The minimum Gasteiger partial charge on any atom is -0.470 e. The Morgan fingerprint density at radius 3 is 3.22 bits per heavy atom. The largest absolute Gasteiger partial charge is 0.470 e. The van der Waals surface area contributed by atoms with Crippen LogP contribution >= 0.6 is 23.5 Å². The molecule has 0 radical (unpaired) electrons. The molecule has 4 nitrogen and oxygen atoms in total. The predicted molar refractivity (Wildman–Crippen MR) is 74.5 cm³/mol. The summed E-state index contributed by atoms with van der Waals surface area (Å²) in [6.07, 6.45) is 4.10. The number of nitrogens with zero attached hydrogens (tertiary/aromatic N) is 3. The first-order valence-corrected chi connectivity index (χ1v) is 8.42. The first-order chi connectivity index (χ1) is 8.86. The van der Waals surface area contributed by atoms with Crippen LogP contribution in [0.25, 0.3) is 0 Å². The van der Waals surface area contributed by atoms with E-state index in [4.69, 9.17) is 4.74 Å². The third-order valence-corrected chi connectivity index (χ3v) is 5.42. The van der Waals surface area contributed by atoms with E-state index >= 15 is 0 Å². The van der Waals surface area contributed by atoms with Crippen molar-refractivity contribution >= 4 is 23.5 Å². The fraction of sp³-hybridized carbons (Fsp3) is 0.833. The Hall–Kier alpha value is -0.330. The molecule has 2 fully saturated rings. The lowest BCUT2D eigenvalue weighted by Crippen LogP contribution is -2.26. The van der Waals surface area contributed by atoms with Crippen molar-refractivity contribution < 1.29 is 4.74 Å². The second kappa shape index (κ2) is 5.75. The van der Waals surface area contributed by atoms with E-state index in [1.165, 1.54) is 37.7 Å². The van der Waals surface area contributed by atoms with Gasteiger partial charge in [-0.05, 0) is 31.6 Å². The molecule has 2 aliphatic rings. The zero-order valence-corrected chi connectivity index (χ0v) is 12.3. The Labute approximate surface area is 116 Å². The topological polar surface area (TPSA) is 38.3 Å². The van der Waals surface area contributed by atoms with Crippen molar-refractivity contribution in [2.45, 2.75) is 37.3 Å². The highest BCUT2D eigenvalue weighted by Crippen LogP contribution is 2.33. The van der Waals surface area contributed by atoms with E-state index in [9.17, 15) is 0 Å². The molecule has 3 rings (SSSR count). The minimum atomic E-state index is 0.331. The van der Waals surface area contributed by atoms with Crippen LogP contribution < -0.4 is 4.74 Å². The maximum Gasteiger partial charge on any atom is 0.260 e. The Kier molecular flexibility index (Phi) is 4.06. The van der Waals surface area contributed by atoms with Crippen LogP contribution in [-0.4, -0.2) is 45.1 Å². The van der Waals surface area contributed by atoms with E-state index < -0.39 is 0 Å². The lowest BCUT2D eigenvalue weighted by Gasteiger charge is -2.21. The average molecular weight is 285 g/mol. The number of hydrogen-bond donors (Lipinski definition) is 0. The summed E-state index contributed by atoms with van der Waals surface area (Å²) >= 11 is 3.03. The van der Waals surface area contributed by atoms with Crippen molar-refractivity contribution in [3.05, 3.63) is 0 Å². The third kappa shape index (κ3) is 2.65. The van der Waals surface area contributed by atoms with Crippen LogP contribution in [-0.2, 0) is 0 Å². The fourth-order valence-corrected chi connectivity index (χ4v) is 4.15. The highest BCUT2D eigenvalue weighted by molar-refractivity contribution is 7.99. The minimum absolute atomic E-state index is 0.331. The van der Waals surface area contributed by atoms with Gasteiger partial charge in [0.2, 0.25) is 0 Å². The van der Waals surface area contributed by atoms with E-state index in [1.54, 1.807) is 11.8 Å². The molecule has 0 saturated carbocycles. The van der Waals surface area contributed by atoms with Gasteiger partial charge in [0.25, 0.3) is 5.88 Å². The van der Waals surface area contributed by atoms with Gasteiger partial charge in [-0.25, -0.2) is 0 Å². The molecular weight excluding hydrogens is 266 g/mol. The number of fused-ring (bicyclic) bond motifs is 2. The highest BCUT2D eigenvalue weighted by Gasteiger charge is 2.37. The summed E-state index contributed by atoms with van der Waals surface area (Å²) in [6, 6.07) is 0. The van der Waals surface area contributed by atoms with Gasteiger partial charge < -0.3 is 4.74 Å². The van der Waals surface area contributed by atoms with Crippen molar-refractivity contribution in [1.82, 2.24) is 13.6 Å². The third-order valence-electron chi connectivity index (χ3n) is 3.64. The quantitative estimate of drug-likeness (QED) is 0.777. The summed E-state index contributed by atoms with van der Waals surface area (Å²) in [5, 5.41) is 0.985. The van der Waals surface area contributed by atoms with Gasteiger partial charge in [0.05, 0.1) is 11.7 Å². The summed E-state index contributed by atoms with van der Waals surface area (Å²) < 4.78 is 14.8. The first-order valence-electron chi connectivity index (χ1n) is 6.71. The van der Waals surface area contributed by atoms with Crippen molar-refractivity contribution in [2.24, 2.45) is 5.92 Å². The number of rotatable bonds is 5. The lowest BCUT2D eigenvalue weighted by molar-refractivity contribution is 0.160. The molecule has 1 aromatic rings. The molecule has 6 heteroatoms. The molecule has 0 aliphatic carbocycles. The normalized spacial score (nSPS) is 30.6. The van der Waals surface area contributed by atoms with Gasteiger partial charge in [-0.1, -0.05) is 18.7 Å². The summed E-state index contributed by atoms with van der Waals surface area (Å²) in [5.74, 6) is 2.56. The summed E-state index contributed by atoms with van der Waals surface area (Å²) in [7, 11) is 0. The van der Waals surface area contributed by atoms with Gasteiger partial charge in [-0.15, -0.1) is 4.37 Å². The maximum absolute atomic E-state index is 6.13. The Bertz CT molecular complexity index is 398. The van der Waals surface area contributed by atoms with Crippen molar-refractivity contribution in [3.63, 3.8) is 0 Å². The van der Waals surface area contributed by atoms with Gasteiger partial charge >= 0.3 is 0 Å². The SMILES string of the molecule is CCCSc1nsnc1O[C@@H]1CN2CCC[C@H]1C2. The van der Waals surface area contributed by atoms with E-state index in [1.807, 2.05) is 0 Å². The highest BCUT2D eigenvalue weighted by atomic mass is 32.2. The zero-order chi connectivity index (χ0) is 12.4. The fourth-order valence-electron chi connectivity index (χ4n) is 2.77. The van der Waals surface area contributed by atoms with Crippen molar-refractivity contribution in [3.8, 4) is 5.88 Å². The standard InChI is InChI=1S/C12H19N3OS2/c1-2-6-17-12-11(13-18-14-12)16-10-8-15-5-3-4-9(10)7-15/h9-10H,2-8H2,1H3/t9-,10+/m0/s1. The molecule has 0 aromatic carbocycles. The zero-order valence-electron chi connectivity index (χ0n) is 10.7. The molecule has 1 aromatic heterocycles. The molecular formula is C12H19N3OS2. The van der Waals surface area contributed by atoms with Crippen LogP contribution in [0.4, 0.5) is 0 Å².